The normalized spacial score (nSPS) is 11.1. The van der Waals surface area contributed by atoms with Crippen LogP contribution >= 0.6 is 0 Å². The van der Waals surface area contributed by atoms with Crippen LogP contribution in [0.2, 0.25) is 0 Å². The number of carbonyl (C=O) groups excluding carboxylic acids is 1. The third-order valence-corrected chi connectivity index (χ3v) is 3.30. The van der Waals surface area contributed by atoms with Crippen LogP contribution in [0.3, 0.4) is 0 Å². The Bertz CT molecular complexity index is 731. The van der Waals surface area contributed by atoms with Gasteiger partial charge in [0.15, 0.2) is 5.78 Å². The molecule has 4 nitrogen and oxygen atoms in total. The number of allylic oxidation sites excluding steroid dienone is 1. The molecule has 2 rings (SSSR count). The number of nitrogen functional groups attached to an aromatic ring is 1. The summed E-state index contributed by atoms with van der Waals surface area (Å²) in [7, 11) is 0. The summed E-state index contributed by atoms with van der Waals surface area (Å²) in [6.07, 6.45) is 3.16. The van der Waals surface area contributed by atoms with Crippen molar-refractivity contribution in [1.82, 2.24) is 0 Å². The van der Waals surface area contributed by atoms with E-state index in [0.717, 1.165) is 11.1 Å². The maximum atomic E-state index is 12.2. The molecule has 4 heteroatoms. The molecule has 0 saturated heterocycles. The van der Waals surface area contributed by atoms with Crippen molar-refractivity contribution in [2.75, 3.05) is 5.73 Å². The molecule has 0 amide bonds. The lowest BCUT2D eigenvalue weighted by Crippen LogP contribution is -2.06. The van der Waals surface area contributed by atoms with Gasteiger partial charge in [-0.15, -0.1) is 0 Å². The topological polar surface area (TPSA) is 72.6 Å². The molecule has 0 fully saturated rings. The van der Waals surface area contributed by atoms with Crippen molar-refractivity contribution in [2.45, 2.75) is 26.9 Å². The monoisotopic (exact) mass is 311 g/mol. The van der Waals surface area contributed by atoms with Crippen LogP contribution in [0, 0.1) is 6.92 Å². The number of anilines is 1. The minimum absolute atomic E-state index is 0.0305. The minimum atomic E-state index is -0.119. The zero-order valence-electron chi connectivity index (χ0n) is 13.5. The molecule has 0 radical (unpaired) electrons. The van der Waals surface area contributed by atoms with E-state index in [1.165, 1.54) is 6.08 Å². The van der Waals surface area contributed by atoms with Crippen molar-refractivity contribution in [3.8, 4) is 11.5 Å². The second kappa shape index (κ2) is 7.01. The third-order valence-electron chi connectivity index (χ3n) is 3.30. The quantitative estimate of drug-likeness (QED) is 0.498. The summed E-state index contributed by atoms with van der Waals surface area (Å²) >= 11 is 0. The summed E-state index contributed by atoms with van der Waals surface area (Å²) in [6.45, 7) is 5.61. The van der Waals surface area contributed by atoms with Crippen LogP contribution in [0.1, 0.15) is 35.3 Å². The molecule has 0 atom stereocenters. The van der Waals surface area contributed by atoms with E-state index in [1.807, 2.05) is 13.8 Å². The number of hydrogen-bond donors (Lipinski definition) is 2. The van der Waals surface area contributed by atoms with E-state index in [1.54, 1.807) is 49.4 Å². The number of nitrogens with two attached hydrogens (primary N) is 1. The Balaban J connectivity index is 2.28. The van der Waals surface area contributed by atoms with Gasteiger partial charge in [0, 0.05) is 22.9 Å². The largest absolute Gasteiger partial charge is 0.508 e. The lowest BCUT2D eigenvalue weighted by Gasteiger charge is -2.14. The Kier molecular flexibility index (Phi) is 5.06. The van der Waals surface area contributed by atoms with Crippen LogP contribution in [-0.2, 0) is 0 Å². The van der Waals surface area contributed by atoms with E-state index in [-0.39, 0.29) is 17.6 Å². The number of aromatic hydroxyl groups is 1. The van der Waals surface area contributed by atoms with Gasteiger partial charge in [-0.1, -0.05) is 0 Å². The molecule has 0 unspecified atom stereocenters. The first-order chi connectivity index (χ1) is 10.9. The summed E-state index contributed by atoms with van der Waals surface area (Å²) < 4.78 is 5.70. The molecule has 0 aliphatic heterocycles. The number of phenols is 1. The zero-order valence-corrected chi connectivity index (χ0v) is 13.5. The standard InChI is InChI=1S/C19H21NO3/c1-12(2)23-19-11-18(22)13(3)10-15(19)6-9-17(21)14-4-7-16(20)8-5-14/h4-12,22H,20H2,1-3H3/b9-6+. The van der Waals surface area contributed by atoms with Crippen LogP contribution in [-0.4, -0.2) is 17.0 Å². The highest BCUT2D eigenvalue weighted by atomic mass is 16.5. The molecular formula is C19H21NO3. The highest BCUT2D eigenvalue weighted by molar-refractivity contribution is 6.07. The Labute approximate surface area is 136 Å². The number of aryl methyl sites for hydroxylation is 1. The molecule has 0 spiro atoms. The molecule has 0 aliphatic rings. The number of ether oxygens (including phenoxy) is 1. The smallest absolute Gasteiger partial charge is 0.185 e. The molecule has 0 heterocycles. The van der Waals surface area contributed by atoms with E-state index in [9.17, 15) is 9.90 Å². The molecule has 2 aromatic carbocycles. The maximum Gasteiger partial charge on any atom is 0.185 e. The fourth-order valence-corrected chi connectivity index (χ4v) is 2.09. The molecule has 2 aromatic rings. The van der Waals surface area contributed by atoms with Crippen molar-refractivity contribution >= 4 is 17.5 Å². The fourth-order valence-electron chi connectivity index (χ4n) is 2.09. The Morgan fingerprint density at radius 1 is 1.22 bits per heavy atom. The van der Waals surface area contributed by atoms with Gasteiger partial charge in [0.25, 0.3) is 0 Å². The second-order valence-electron chi connectivity index (χ2n) is 5.66. The predicted octanol–water partition coefficient (Wildman–Crippen LogP) is 3.97. The zero-order chi connectivity index (χ0) is 17.0. The van der Waals surface area contributed by atoms with E-state index in [4.69, 9.17) is 10.5 Å². The van der Waals surface area contributed by atoms with Crippen molar-refractivity contribution in [3.05, 3.63) is 59.2 Å². The van der Waals surface area contributed by atoms with Crippen molar-refractivity contribution in [1.29, 1.82) is 0 Å². The summed E-state index contributed by atoms with van der Waals surface area (Å²) in [4.78, 5) is 12.2. The second-order valence-corrected chi connectivity index (χ2v) is 5.66. The summed E-state index contributed by atoms with van der Waals surface area (Å²) in [5.41, 5.74) is 8.27. The Morgan fingerprint density at radius 2 is 1.87 bits per heavy atom. The van der Waals surface area contributed by atoms with Gasteiger partial charge in [-0.3, -0.25) is 4.79 Å². The van der Waals surface area contributed by atoms with Gasteiger partial charge in [-0.05, 0) is 68.8 Å². The number of rotatable bonds is 5. The summed E-state index contributed by atoms with van der Waals surface area (Å²) in [5.74, 6) is 0.596. The van der Waals surface area contributed by atoms with Crippen LogP contribution in [0.4, 0.5) is 5.69 Å². The minimum Gasteiger partial charge on any atom is -0.508 e. The van der Waals surface area contributed by atoms with Crippen LogP contribution in [0.5, 0.6) is 11.5 Å². The molecular weight excluding hydrogens is 290 g/mol. The highest BCUT2D eigenvalue weighted by Gasteiger charge is 2.09. The summed E-state index contributed by atoms with van der Waals surface area (Å²) in [5, 5.41) is 9.84. The van der Waals surface area contributed by atoms with Gasteiger partial charge in [-0.2, -0.15) is 0 Å². The first-order valence-electron chi connectivity index (χ1n) is 7.45. The van der Waals surface area contributed by atoms with Gasteiger partial charge >= 0.3 is 0 Å². The Hall–Kier alpha value is -2.75. The molecule has 23 heavy (non-hydrogen) atoms. The van der Waals surface area contributed by atoms with Crippen LogP contribution in [0.15, 0.2) is 42.5 Å². The first kappa shape index (κ1) is 16.6. The average molecular weight is 311 g/mol. The van der Waals surface area contributed by atoms with Gasteiger partial charge in [0.05, 0.1) is 6.10 Å². The molecule has 0 bridgehead atoms. The molecule has 0 aromatic heterocycles. The Morgan fingerprint density at radius 3 is 2.48 bits per heavy atom. The van der Waals surface area contributed by atoms with E-state index in [0.29, 0.717) is 17.0 Å². The van der Waals surface area contributed by atoms with Crippen LogP contribution < -0.4 is 10.5 Å². The van der Waals surface area contributed by atoms with Gasteiger partial charge in [0.1, 0.15) is 11.5 Å². The van der Waals surface area contributed by atoms with Crippen molar-refractivity contribution in [3.63, 3.8) is 0 Å². The third kappa shape index (κ3) is 4.36. The molecule has 0 saturated carbocycles. The summed E-state index contributed by atoms with van der Waals surface area (Å²) in [6, 6.07) is 10.1. The van der Waals surface area contributed by atoms with E-state index in [2.05, 4.69) is 0 Å². The lowest BCUT2D eigenvalue weighted by atomic mass is 10.1. The van der Waals surface area contributed by atoms with Gasteiger partial charge in [-0.25, -0.2) is 0 Å². The SMILES string of the molecule is Cc1cc(/C=C/C(=O)c2ccc(N)cc2)c(OC(C)C)cc1O. The number of hydrogen-bond acceptors (Lipinski definition) is 4. The highest BCUT2D eigenvalue weighted by Crippen LogP contribution is 2.29. The number of benzene rings is 2. The van der Waals surface area contributed by atoms with E-state index < -0.39 is 0 Å². The maximum absolute atomic E-state index is 12.2. The first-order valence-corrected chi connectivity index (χ1v) is 7.45. The van der Waals surface area contributed by atoms with Crippen LogP contribution in [0.25, 0.3) is 6.08 Å². The van der Waals surface area contributed by atoms with Gasteiger partial charge < -0.3 is 15.6 Å². The predicted molar refractivity (Wildman–Crippen MR) is 92.8 cm³/mol. The van der Waals surface area contributed by atoms with Crippen molar-refractivity contribution in [2.24, 2.45) is 0 Å². The lowest BCUT2D eigenvalue weighted by molar-refractivity contribution is 0.104. The molecule has 0 aliphatic carbocycles. The fraction of sp³-hybridized carbons (Fsp3) is 0.211. The number of ketones is 1. The van der Waals surface area contributed by atoms with Gasteiger partial charge in [0.2, 0.25) is 0 Å². The molecule has 120 valence electrons. The van der Waals surface area contributed by atoms with E-state index >= 15 is 0 Å². The number of phenolic OH excluding ortho intramolecular Hbond substituents is 1. The van der Waals surface area contributed by atoms with Crippen molar-refractivity contribution < 1.29 is 14.6 Å². The molecule has 3 N–H and O–H groups in total. The number of carbonyl (C=O) groups is 1. The average Bonchev–Trinajstić information content (AvgIpc) is 2.49.